The Bertz CT molecular complexity index is 475. The van der Waals surface area contributed by atoms with Crippen molar-refractivity contribution >= 4 is 17.6 Å². The molecule has 1 atom stereocenters. The van der Waals surface area contributed by atoms with Gasteiger partial charge in [-0.15, -0.1) is 0 Å². The number of hydrogen-bond acceptors (Lipinski definition) is 4. The van der Waals surface area contributed by atoms with E-state index in [1.165, 1.54) is 12.3 Å². The number of pyridine rings is 1. The molecule has 6 heteroatoms. The molecule has 1 unspecified atom stereocenters. The average Bonchev–Trinajstić information content (AvgIpc) is 2.34. The van der Waals surface area contributed by atoms with Gasteiger partial charge >= 0.3 is 5.97 Å². The molecule has 1 fully saturated rings. The zero-order chi connectivity index (χ0) is 13.1. The third kappa shape index (κ3) is 2.77. The zero-order valence-electron chi connectivity index (χ0n) is 10.1. The Labute approximate surface area is 105 Å². The summed E-state index contributed by atoms with van der Waals surface area (Å²) < 4.78 is 0. The lowest BCUT2D eigenvalue weighted by atomic mass is 10.1. The minimum absolute atomic E-state index is 0.0141. The van der Waals surface area contributed by atoms with Crippen molar-refractivity contribution in [3.63, 3.8) is 0 Å². The number of rotatable bonds is 3. The lowest BCUT2D eigenvalue weighted by Gasteiger charge is -2.30. The normalized spacial score (nSPS) is 19.7. The number of carboxylic acids is 1. The molecule has 6 nitrogen and oxygen atoms in total. The summed E-state index contributed by atoms with van der Waals surface area (Å²) in [6, 6.07) is 3.37. The topological polar surface area (TPSA) is 82.5 Å². The fourth-order valence-corrected chi connectivity index (χ4v) is 2.00. The van der Waals surface area contributed by atoms with Gasteiger partial charge in [0.25, 0.3) is 0 Å². The fraction of sp³-hybridized carbons (Fsp3) is 0.417. The first-order chi connectivity index (χ1) is 8.56. The lowest BCUT2D eigenvalue weighted by Crippen LogP contribution is -2.43. The molecule has 96 valence electrons. The first-order valence-electron chi connectivity index (χ1n) is 5.76. The van der Waals surface area contributed by atoms with Gasteiger partial charge in [0.1, 0.15) is 5.69 Å². The lowest BCUT2D eigenvalue weighted by molar-refractivity contribution is -0.132. The zero-order valence-corrected chi connectivity index (χ0v) is 10.1. The van der Waals surface area contributed by atoms with Gasteiger partial charge < -0.3 is 15.3 Å². The first kappa shape index (κ1) is 12.3. The molecule has 0 bridgehead atoms. The SMILES string of the molecule is CN1CC(Nc2ccnc(C(=O)O)c2)CCC1=O. The van der Waals surface area contributed by atoms with Crippen molar-refractivity contribution in [3.05, 3.63) is 24.0 Å². The van der Waals surface area contributed by atoms with Crippen LogP contribution in [0.2, 0.25) is 0 Å². The van der Waals surface area contributed by atoms with Crippen LogP contribution in [0.25, 0.3) is 0 Å². The second kappa shape index (κ2) is 5.03. The molecule has 2 rings (SSSR count). The highest BCUT2D eigenvalue weighted by atomic mass is 16.4. The van der Waals surface area contributed by atoms with Crippen LogP contribution in [0.3, 0.4) is 0 Å². The number of aromatic nitrogens is 1. The molecule has 1 saturated heterocycles. The van der Waals surface area contributed by atoms with Crippen molar-refractivity contribution < 1.29 is 14.7 Å². The highest BCUT2D eigenvalue weighted by Crippen LogP contribution is 2.16. The van der Waals surface area contributed by atoms with Crippen molar-refractivity contribution in [3.8, 4) is 0 Å². The van der Waals surface area contributed by atoms with Crippen molar-refractivity contribution in [1.29, 1.82) is 0 Å². The number of hydrogen-bond donors (Lipinski definition) is 2. The number of anilines is 1. The quantitative estimate of drug-likeness (QED) is 0.828. The molecule has 1 amide bonds. The summed E-state index contributed by atoms with van der Waals surface area (Å²) in [6.45, 7) is 0.629. The van der Waals surface area contributed by atoms with Crippen LogP contribution in [0.15, 0.2) is 18.3 Å². The molecule has 0 radical (unpaired) electrons. The van der Waals surface area contributed by atoms with E-state index in [9.17, 15) is 9.59 Å². The maximum atomic E-state index is 11.3. The highest BCUT2D eigenvalue weighted by molar-refractivity contribution is 5.86. The fourth-order valence-electron chi connectivity index (χ4n) is 2.00. The van der Waals surface area contributed by atoms with Gasteiger partial charge in [-0.1, -0.05) is 0 Å². The van der Waals surface area contributed by atoms with Crippen molar-refractivity contribution in [1.82, 2.24) is 9.88 Å². The summed E-state index contributed by atoms with van der Waals surface area (Å²) >= 11 is 0. The van der Waals surface area contributed by atoms with Gasteiger partial charge in [0, 0.05) is 37.9 Å². The monoisotopic (exact) mass is 249 g/mol. The minimum Gasteiger partial charge on any atom is -0.477 e. The summed E-state index contributed by atoms with van der Waals surface area (Å²) in [5.74, 6) is -0.899. The van der Waals surface area contributed by atoms with Crippen LogP contribution in [0.1, 0.15) is 23.3 Å². The summed E-state index contributed by atoms with van der Waals surface area (Å²) in [5.41, 5.74) is 0.732. The molecular formula is C12H15N3O3. The van der Waals surface area contributed by atoms with Gasteiger partial charge in [0.15, 0.2) is 0 Å². The van der Waals surface area contributed by atoms with E-state index in [1.54, 1.807) is 18.0 Å². The molecule has 0 aromatic carbocycles. The van der Waals surface area contributed by atoms with E-state index in [2.05, 4.69) is 10.3 Å². The third-order valence-electron chi connectivity index (χ3n) is 2.98. The largest absolute Gasteiger partial charge is 0.477 e. The number of nitrogens with zero attached hydrogens (tertiary/aromatic N) is 2. The number of likely N-dealkylation sites (tertiary alicyclic amines) is 1. The number of carbonyl (C=O) groups is 2. The maximum Gasteiger partial charge on any atom is 0.354 e. The Kier molecular flexibility index (Phi) is 3.45. The van der Waals surface area contributed by atoms with Gasteiger partial charge in [-0.2, -0.15) is 0 Å². The van der Waals surface area contributed by atoms with E-state index in [0.29, 0.717) is 13.0 Å². The van der Waals surface area contributed by atoms with E-state index >= 15 is 0 Å². The van der Waals surface area contributed by atoms with E-state index in [1.807, 2.05) is 0 Å². The van der Waals surface area contributed by atoms with Gasteiger partial charge in [0.05, 0.1) is 0 Å². The van der Waals surface area contributed by atoms with Crippen LogP contribution in [-0.4, -0.2) is 46.5 Å². The molecule has 18 heavy (non-hydrogen) atoms. The number of aromatic carboxylic acids is 1. The number of carbonyl (C=O) groups excluding carboxylic acids is 1. The first-order valence-corrected chi connectivity index (χ1v) is 5.76. The molecule has 0 aliphatic carbocycles. The van der Waals surface area contributed by atoms with Gasteiger partial charge in [-0.05, 0) is 18.6 Å². The van der Waals surface area contributed by atoms with Crippen LogP contribution in [0.5, 0.6) is 0 Å². The standard InChI is InChI=1S/C12H15N3O3/c1-15-7-9(2-3-11(15)16)14-8-4-5-13-10(6-8)12(17)18/h4-6,9H,2-3,7H2,1H3,(H,13,14)(H,17,18). The van der Waals surface area contributed by atoms with Crippen molar-refractivity contribution in [2.45, 2.75) is 18.9 Å². The molecule has 2 N–H and O–H groups in total. The third-order valence-corrected chi connectivity index (χ3v) is 2.98. The smallest absolute Gasteiger partial charge is 0.354 e. The second-order valence-corrected chi connectivity index (χ2v) is 4.39. The number of amides is 1. The Morgan fingerprint density at radius 2 is 2.39 bits per heavy atom. The van der Waals surface area contributed by atoms with Crippen LogP contribution >= 0.6 is 0 Å². The van der Waals surface area contributed by atoms with Gasteiger partial charge in [-0.25, -0.2) is 9.78 Å². The molecule has 2 heterocycles. The van der Waals surface area contributed by atoms with Gasteiger partial charge in [0.2, 0.25) is 5.91 Å². The summed E-state index contributed by atoms with van der Waals surface area (Å²) in [4.78, 5) is 27.6. The molecular weight excluding hydrogens is 234 g/mol. The summed E-state index contributed by atoms with van der Waals surface area (Å²) in [7, 11) is 1.77. The van der Waals surface area contributed by atoms with Crippen LogP contribution in [-0.2, 0) is 4.79 Å². The Balaban J connectivity index is 2.03. The van der Waals surface area contributed by atoms with Crippen molar-refractivity contribution in [2.75, 3.05) is 18.9 Å². The molecule has 1 aromatic heterocycles. The predicted octanol–water partition coefficient (Wildman–Crippen LogP) is 0.812. The average molecular weight is 249 g/mol. The molecule has 0 saturated carbocycles. The Morgan fingerprint density at radius 3 is 3.06 bits per heavy atom. The number of likely N-dealkylation sites (N-methyl/N-ethyl adjacent to an activating group) is 1. The van der Waals surface area contributed by atoms with E-state index in [-0.39, 0.29) is 17.6 Å². The predicted molar refractivity (Wildman–Crippen MR) is 65.5 cm³/mol. The molecule has 1 aliphatic heterocycles. The van der Waals surface area contributed by atoms with Crippen LogP contribution < -0.4 is 5.32 Å². The summed E-state index contributed by atoms with van der Waals surface area (Å²) in [6.07, 6.45) is 2.74. The number of nitrogens with one attached hydrogen (secondary N) is 1. The van der Waals surface area contributed by atoms with E-state index in [0.717, 1.165) is 12.1 Å². The highest BCUT2D eigenvalue weighted by Gasteiger charge is 2.22. The van der Waals surface area contributed by atoms with Crippen LogP contribution in [0.4, 0.5) is 5.69 Å². The van der Waals surface area contributed by atoms with Gasteiger partial charge in [-0.3, -0.25) is 4.79 Å². The number of carboxylic acid groups (broad SMARTS) is 1. The number of piperidine rings is 1. The molecule has 0 spiro atoms. The maximum absolute atomic E-state index is 11.3. The molecule has 1 aliphatic rings. The Morgan fingerprint density at radius 1 is 1.61 bits per heavy atom. The van der Waals surface area contributed by atoms with E-state index < -0.39 is 5.97 Å². The van der Waals surface area contributed by atoms with Crippen LogP contribution in [0, 0.1) is 0 Å². The Hall–Kier alpha value is -2.11. The molecule has 1 aromatic rings. The van der Waals surface area contributed by atoms with E-state index in [4.69, 9.17) is 5.11 Å². The summed E-state index contributed by atoms with van der Waals surface area (Å²) in [5, 5.41) is 12.1. The minimum atomic E-state index is -1.05. The van der Waals surface area contributed by atoms with Crippen molar-refractivity contribution in [2.24, 2.45) is 0 Å². The second-order valence-electron chi connectivity index (χ2n) is 4.39.